The number of hydrogen-bond acceptors (Lipinski definition) is 4. The van der Waals surface area contributed by atoms with Gasteiger partial charge in [0.25, 0.3) is 5.91 Å². The Balaban J connectivity index is 2.00. The van der Waals surface area contributed by atoms with Crippen LogP contribution in [-0.2, 0) is 0 Å². The van der Waals surface area contributed by atoms with Gasteiger partial charge in [-0.25, -0.2) is 0 Å². The van der Waals surface area contributed by atoms with Crippen LogP contribution in [0.2, 0.25) is 0 Å². The van der Waals surface area contributed by atoms with Crippen molar-refractivity contribution >= 4 is 34.7 Å². The van der Waals surface area contributed by atoms with Gasteiger partial charge in [0.15, 0.2) is 0 Å². The van der Waals surface area contributed by atoms with E-state index >= 15 is 0 Å². The van der Waals surface area contributed by atoms with Crippen molar-refractivity contribution in [1.82, 2.24) is 5.32 Å². The smallest absolute Gasteiger partial charge is 0.261 e. The molecular weight excluding hydrogens is 228 g/mol. The lowest BCUT2D eigenvalue weighted by atomic mass is 10.2. The lowest BCUT2D eigenvalue weighted by Crippen LogP contribution is -2.34. The van der Waals surface area contributed by atoms with Crippen molar-refractivity contribution in [2.24, 2.45) is 0 Å². The fraction of sp³-hybridized carbons (Fsp3) is 0.500. The van der Waals surface area contributed by atoms with Gasteiger partial charge in [0.05, 0.1) is 4.88 Å². The first-order valence-electron chi connectivity index (χ1n) is 4.91. The number of hydrogen-bond donors (Lipinski definition) is 2. The minimum Gasteiger partial charge on any atom is -0.398 e. The predicted molar refractivity (Wildman–Crippen MR) is 66.7 cm³/mol. The van der Waals surface area contributed by atoms with Crippen LogP contribution in [0.1, 0.15) is 21.0 Å². The van der Waals surface area contributed by atoms with E-state index in [0.29, 0.717) is 11.7 Å². The second-order valence-electron chi connectivity index (χ2n) is 3.66. The monoisotopic (exact) mass is 242 g/mol. The number of nitrogens with one attached hydrogen (secondary N) is 1. The standard InChI is InChI=1S/C10H14N2OS2/c1-6-8(11)4-9(15-6)10(13)12-7-2-3-14-5-7/h4,7H,2-3,5,11H2,1H3,(H,12,13). The topological polar surface area (TPSA) is 55.1 Å². The zero-order valence-electron chi connectivity index (χ0n) is 8.58. The highest BCUT2D eigenvalue weighted by atomic mass is 32.2. The van der Waals surface area contributed by atoms with Gasteiger partial charge < -0.3 is 11.1 Å². The lowest BCUT2D eigenvalue weighted by molar-refractivity contribution is 0.0945. The fourth-order valence-corrected chi connectivity index (χ4v) is 3.51. The van der Waals surface area contributed by atoms with Crippen LogP contribution in [0.4, 0.5) is 5.69 Å². The van der Waals surface area contributed by atoms with Gasteiger partial charge in [0.2, 0.25) is 0 Å². The van der Waals surface area contributed by atoms with Crippen LogP contribution in [0.15, 0.2) is 6.07 Å². The van der Waals surface area contributed by atoms with Crippen molar-refractivity contribution in [1.29, 1.82) is 0 Å². The number of nitrogen functional groups attached to an aromatic ring is 1. The summed E-state index contributed by atoms with van der Waals surface area (Å²) in [5.41, 5.74) is 6.43. The molecule has 1 aliphatic heterocycles. The van der Waals surface area contributed by atoms with E-state index in [2.05, 4.69) is 5.32 Å². The molecule has 2 rings (SSSR count). The molecule has 3 nitrogen and oxygen atoms in total. The Morgan fingerprint density at radius 1 is 1.67 bits per heavy atom. The average molecular weight is 242 g/mol. The van der Waals surface area contributed by atoms with Crippen LogP contribution in [-0.4, -0.2) is 23.5 Å². The van der Waals surface area contributed by atoms with Crippen LogP contribution < -0.4 is 11.1 Å². The largest absolute Gasteiger partial charge is 0.398 e. The number of aryl methyl sites for hydroxylation is 1. The molecule has 1 atom stereocenters. The maximum Gasteiger partial charge on any atom is 0.261 e. The average Bonchev–Trinajstić information content (AvgIpc) is 2.78. The van der Waals surface area contributed by atoms with Gasteiger partial charge >= 0.3 is 0 Å². The zero-order valence-corrected chi connectivity index (χ0v) is 10.2. The maximum absolute atomic E-state index is 11.8. The zero-order chi connectivity index (χ0) is 10.8. The Kier molecular flexibility index (Phi) is 3.21. The van der Waals surface area contributed by atoms with E-state index in [4.69, 9.17) is 5.73 Å². The molecule has 82 valence electrons. The quantitative estimate of drug-likeness (QED) is 0.832. The van der Waals surface area contributed by atoms with Crippen molar-refractivity contribution < 1.29 is 4.79 Å². The molecule has 0 aromatic carbocycles. The van der Waals surface area contributed by atoms with Crippen molar-refractivity contribution in [3.63, 3.8) is 0 Å². The van der Waals surface area contributed by atoms with E-state index in [-0.39, 0.29) is 5.91 Å². The van der Waals surface area contributed by atoms with E-state index in [0.717, 1.165) is 27.7 Å². The SMILES string of the molecule is Cc1sc(C(=O)NC2CCSC2)cc1N. The minimum absolute atomic E-state index is 0.0206. The van der Waals surface area contributed by atoms with Crippen LogP contribution in [0, 0.1) is 6.92 Å². The Hall–Kier alpha value is -0.680. The molecule has 1 aromatic heterocycles. The van der Waals surface area contributed by atoms with E-state index in [1.165, 1.54) is 11.3 Å². The number of thiophene rings is 1. The normalized spacial score (nSPS) is 20.5. The molecule has 5 heteroatoms. The molecule has 1 aromatic rings. The second kappa shape index (κ2) is 4.45. The van der Waals surface area contributed by atoms with Gasteiger partial charge in [-0.1, -0.05) is 0 Å². The number of anilines is 1. The Morgan fingerprint density at radius 2 is 2.47 bits per heavy atom. The van der Waals surface area contributed by atoms with Crippen LogP contribution >= 0.6 is 23.1 Å². The van der Waals surface area contributed by atoms with Gasteiger partial charge in [-0.15, -0.1) is 11.3 Å². The van der Waals surface area contributed by atoms with Gasteiger partial charge in [-0.3, -0.25) is 4.79 Å². The van der Waals surface area contributed by atoms with Crippen molar-refractivity contribution in [3.8, 4) is 0 Å². The third kappa shape index (κ3) is 2.46. The molecular formula is C10H14N2OS2. The highest BCUT2D eigenvalue weighted by Crippen LogP contribution is 2.24. The summed E-state index contributed by atoms with van der Waals surface area (Å²) in [7, 11) is 0. The van der Waals surface area contributed by atoms with E-state index in [9.17, 15) is 4.79 Å². The molecule has 1 saturated heterocycles. The van der Waals surface area contributed by atoms with E-state index < -0.39 is 0 Å². The first kappa shape index (κ1) is 10.8. The molecule has 0 radical (unpaired) electrons. The summed E-state index contributed by atoms with van der Waals surface area (Å²) in [6, 6.07) is 2.10. The molecule has 1 amide bonds. The Labute approximate surface area is 97.4 Å². The summed E-state index contributed by atoms with van der Waals surface area (Å²) in [4.78, 5) is 13.5. The Morgan fingerprint density at radius 3 is 3.00 bits per heavy atom. The molecule has 0 saturated carbocycles. The summed E-state index contributed by atoms with van der Waals surface area (Å²) in [6.07, 6.45) is 1.08. The lowest BCUT2D eigenvalue weighted by Gasteiger charge is -2.09. The molecule has 1 unspecified atom stereocenters. The van der Waals surface area contributed by atoms with Crippen LogP contribution in [0.3, 0.4) is 0 Å². The highest BCUT2D eigenvalue weighted by Gasteiger charge is 2.19. The van der Waals surface area contributed by atoms with Crippen molar-refractivity contribution in [2.45, 2.75) is 19.4 Å². The third-order valence-corrected chi connectivity index (χ3v) is 4.67. The fourth-order valence-electron chi connectivity index (χ4n) is 1.51. The predicted octanol–water partition coefficient (Wildman–Crippen LogP) is 1.87. The maximum atomic E-state index is 11.8. The molecule has 0 spiro atoms. The number of nitrogens with two attached hydrogens (primary N) is 1. The summed E-state index contributed by atoms with van der Waals surface area (Å²) in [5, 5.41) is 3.03. The summed E-state index contributed by atoms with van der Waals surface area (Å²) in [5.74, 6) is 2.20. The molecule has 0 aliphatic carbocycles. The molecule has 15 heavy (non-hydrogen) atoms. The molecule has 1 aliphatic rings. The third-order valence-electron chi connectivity index (χ3n) is 2.44. The summed E-state index contributed by atoms with van der Waals surface area (Å²) >= 11 is 3.35. The van der Waals surface area contributed by atoms with Gasteiger partial charge in [-0.2, -0.15) is 11.8 Å². The van der Waals surface area contributed by atoms with E-state index in [1.807, 2.05) is 18.7 Å². The molecule has 1 fully saturated rings. The first-order valence-corrected chi connectivity index (χ1v) is 6.88. The molecule has 2 heterocycles. The van der Waals surface area contributed by atoms with Crippen molar-refractivity contribution in [2.75, 3.05) is 17.2 Å². The number of carbonyl (C=O) groups is 1. The first-order chi connectivity index (χ1) is 7.16. The van der Waals surface area contributed by atoms with Crippen LogP contribution in [0.5, 0.6) is 0 Å². The number of carbonyl (C=O) groups excluding carboxylic acids is 1. The number of thioether (sulfide) groups is 1. The second-order valence-corrected chi connectivity index (χ2v) is 6.06. The minimum atomic E-state index is 0.0206. The highest BCUT2D eigenvalue weighted by molar-refractivity contribution is 7.99. The molecule has 3 N–H and O–H groups in total. The van der Waals surface area contributed by atoms with Gasteiger partial charge in [0, 0.05) is 22.4 Å². The Bertz CT molecular complexity index is 350. The molecule has 0 bridgehead atoms. The number of amides is 1. The number of rotatable bonds is 2. The van der Waals surface area contributed by atoms with Gasteiger partial charge in [0.1, 0.15) is 0 Å². The van der Waals surface area contributed by atoms with Crippen LogP contribution in [0.25, 0.3) is 0 Å². The summed E-state index contributed by atoms with van der Waals surface area (Å²) in [6.45, 7) is 1.93. The van der Waals surface area contributed by atoms with Crippen molar-refractivity contribution in [3.05, 3.63) is 15.8 Å². The summed E-state index contributed by atoms with van der Waals surface area (Å²) < 4.78 is 0. The van der Waals surface area contributed by atoms with Gasteiger partial charge in [-0.05, 0) is 25.2 Å². The van der Waals surface area contributed by atoms with E-state index in [1.54, 1.807) is 6.07 Å².